The highest BCUT2D eigenvalue weighted by Gasteiger charge is 2.55. The van der Waals surface area contributed by atoms with Crippen molar-refractivity contribution in [1.82, 2.24) is 0 Å². The van der Waals surface area contributed by atoms with E-state index in [1.165, 1.54) is 37.5 Å². The standard InChI is InChI=1S/C15H15F3O3/c1-21-13-6-3-11(4-7-13)14(20,15(16,17)18)9-10-2-5-12(19)8-10/h3-4,6-8,20H,2,5,9H2,1H3/t14-/m0/s1. The van der Waals surface area contributed by atoms with E-state index in [1.54, 1.807) is 0 Å². The third-order valence-electron chi connectivity index (χ3n) is 3.58. The van der Waals surface area contributed by atoms with Crippen molar-refractivity contribution in [1.29, 1.82) is 0 Å². The molecule has 2 rings (SSSR count). The molecule has 0 saturated carbocycles. The summed E-state index contributed by atoms with van der Waals surface area (Å²) in [5, 5.41) is 10.2. The molecule has 1 N–H and O–H groups in total. The number of benzene rings is 1. The molecule has 0 heterocycles. The van der Waals surface area contributed by atoms with Gasteiger partial charge in [0.1, 0.15) is 5.75 Å². The van der Waals surface area contributed by atoms with Gasteiger partial charge in [0.15, 0.2) is 11.4 Å². The second-order valence-electron chi connectivity index (χ2n) is 5.03. The van der Waals surface area contributed by atoms with Crippen LogP contribution < -0.4 is 4.74 Å². The van der Waals surface area contributed by atoms with Crippen LogP contribution in [0.25, 0.3) is 0 Å². The van der Waals surface area contributed by atoms with Gasteiger partial charge in [0.2, 0.25) is 0 Å². The summed E-state index contributed by atoms with van der Waals surface area (Å²) in [6.45, 7) is 0. The van der Waals surface area contributed by atoms with Crippen molar-refractivity contribution in [3.8, 4) is 5.75 Å². The zero-order chi connectivity index (χ0) is 15.7. The van der Waals surface area contributed by atoms with Gasteiger partial charge in [0.05, 0.1) is 7.11 Å². The Balaban J connectivity index is 2.36. The molecule has 3 nitrogen and oxygen atoms in total. The highest BCUT2D eigenvalue weighted by atomic mass is 19.4. The van der Waals surface area contributed by atoms with Crippen LogP contribution in [0.3, 0.4) is 0 Å². The molecular weight excluding hydrogens is 285 g/mol. The molecule has 6 heteroatoms. The van der Waals surface area contributed by atoms with Crippen LogP contribution in [0.4, 0.5) is 13.2 Å². The Bertz CT molecular complexity index is 561. The maximum atomic E-state index is 13.3. The van der Waals surface area contributed by atoms with Gasteiger partial charge in [-0.2, -0.15) is 13.2 Å². The van der Waals surface area contributed by atoms with E-state index in [0.717, 1.165) is 0 Å². The molecule has 1 aliphatic carbocycles. The SMILES string of the molecule is COc1ccc([C@@](O)(CC2=CC(=O)CC2)C(F)(F)F)cc1. The Morgan fingerprint density at radius 1 is 1.19 bits per heavy atom. The summed E-state index contributed by atoms with van der Waals surface area (Å²) in [6.07, 6.45) is -3.82. The fraction of sp³-hybridized carbons (Fsp3) is 0.400. The lowest BCUT2D eigenvalue weighted by Crippen LogP contribution is -2.42. The minimum absolute atomic E-state index is 0.200. The van der Waals surface area contributed by atoms with Gasteiger partial charge < -0.3 is 9.84 Å². The van der Waals surface area contributed by atoms with Crippen molar-refractivity contribution in [2.24, 2.45) is 0 Å². The van der Waals surface area contributed by atoms with E-state index in [9.17, 15) is 23.1 Å². The van der Waals surface area contributed by atoms with Crippen LogP contribution in [0.2, 0.25) is 0 Å². The summed E-state index contributed by atoms with van der Waals surface area (Å²) in [6, 6.07) is 5.09. The Kier molecular flexibility index (Phi) is 4.09. The number of rotatable bonds is 4. The van der Waals surface area contributed by atoms with E-state index >= 15 is 0 Å². The Labute approximate surface area is 120 Å². The molecule has 0 saturated heterocycles. The number of ether oxygens (including phenoxy) is 1. The zero-order valence-corrected chi connectivity index (χ0v) is 11.4. The fourth-order valence-corrected chi connectivity index (χ4v) is 2.36. The van der Waals surface area contributed by atoms with Crippen molar-refractivity contribution < 1.29 is 27.8 Å². The van der Waals surface area contributed by atoms with Crippen LogP contribution >= 0.6 is 0 Å². The molecule has 0 spiro atoms. The first-order valence-electron chi connectivity index (χ1n) is 6.42. The second kappa shape index (κ2) is 5.52. The van der Waals surface area contributed by atoms with E-state index in [-0.39, 0.29) is 24.2 Å². The number of hydrogen-bond acceptors (Lipinski definition) is 3. The van der Waals surface area contributed by atoms with Gasteiger partial charge in [-0.15, -0.1) is 0 Å². The smallest absolute Gasteiger partial charge is 0.421 e. The summed E-state index contributed by atoms with van der Waals surface area (Å²) in [5.41, 5.74) is -2.96. The molecule has 0 aliphatic heterocycles. The van der Waals surface area contributed by atoms with Crippen LogP contribution in [-0.2, 0) is 10.4 Å². The lowest BCUT2D eigenvalue weighted by molar-refractivity contribution is -0.266. The molecule has 0 fully saturated rings. The summed E-state index contributed by atoms with van der Waals surface area (Å²) < 4.78 is 44.9. The van der Waals surface area contributed by atoms with Crippen LogP contribution in [0.1, 0.15) is 24.8 Å². The van der Waals surface area contributed by atoms with E-state index in [4.69, 9.17) is 4.74 Å². The van der Waals surface area contributed by atoms with Crippen LogP contribution in [0.5, 0.6) is 5.75 Å². The maximum absolute atomic E-state index is 13.3. The molecule has 0 radical (unpaired) electrons. The van der Waals surface area contributed by atoms with Gasteiger partial charge in [-0.25, -0.2) is 0 Å². The number of halogens is 3. The Hall–Kier alpha value is -1.82. The fourth-order valence-electron chi connectivity index (χ4n) is 2.36. The predicted octanol–water partition coefficient (Wildman–Crippen LogP) is 3.12. The Morgan fingerprint density at radius 3 is 2.24 bits per heavy atom. The molecular formula is C15H15F3O3. The number of carbonyl (C=O) groups excluding carboxylic acids is 1. The number of alkyl halides is 3. The van der Waals surface area contributed by atoms with Crippen molar-refractivity contribution in [3.63, 3.8) is 0 Å². The number of hydrogen-bond donors (Lipinski definition) is 1. The van der Waals surface area contributed by atoms with Gasteiger partial charge in [-0.3, -0.25) is 4.79 Å². The third kappa shape index (κ3) is 3.10. The largest absolute Gasteiger partial charge is 0.497 e. The first-order valence-corrected chi connectivity index (χ1v) is 6.42. The van der Waals surface area contributed by atoms with Crippen molar-refractivity contribution >= 4 is 5.78 Å². The number of ketones is 1. The number of methoxy groups -OCH3 is 1. The molecule has 1 aromatic carbocycles. The van der Waals surface area contributed by atoms with Gasteiger partial charge in [-0.05, 0) is 30.2 Å². The van der Waals surface area contributed by atoms with E-state index in [2.05, 4.69) is 0 Å². The molecule has 114 valence electrons. The first kappa shape index (κ1) is 15.6. The molecule has 21 heavy (non-hydrogen) atoms. The minimum atomic E-state index is -4.84. The molecule has 1 atom stereocenters. The zero-order valence-electron chi connectivity index (χ0n) is 11.4. The lowest BCUT2D eigenvalue weighted by Gasteiger charge is -2.31. The third-order valence-corrected chi connectivity index (χ3v) is 3.58. The summed E-state index contributed by atoms with van der Waals surface area (Å²) >= 11 is 0. The molecule has 1 aliphatic rings. The summed E-state index contributed by atoms with van der Waals surface area (Å²) in [7, 11) is 1.40. The van der Waals surface area contributed by atoms with Gasteiger partial charge >= 0.3 is 6.18 Å². The maximum Gasteiger partial charge on any atom is 0.421 e. The van der Waals surface area contributed by atoms with Crippen molar-refractivity contribution in [2.45, 2.75) is 31.0 Å². The second-order valence-corrected chi connectivity index (χ2v) is 5.03. The number of carbonyl (C=O) groups is 1. The lowest BCUT2D eigenvalue weighted by atomic mass is 9.86. The quantitative estimate of drug-likeness (QED) is 0.929. The predicted molar refractivity (Wildman–Crippen MR) is 69.9 cm³/mol. The summed E-state index contributed by atoms with van der Waals surface area (Å²) in [4.78, 5) is 11.2. The minimum Gasteiger partial charge on any atom is -0.497 e. The molecule has 0 bridgehead atoms. The number of allylic oxidation sites excluding steroid dienone is 1. The highest BCUT2D eigenvalue weighted by molar-refractivity contribution is 5.92. The first-order chi connectivity index (χ1) is 9.76. The van der Waals surface area contributed by atoms with E-state index in [1.807, 2.05) is 0 Å². The molecule has 1 aromatic rings. The topological polar surface area (TPSA) is 46.5 Å². The van der Waals surface area contributed by atoms with Crippen LogP contribution in [-0.4, -0.2) is 24.2 Å². The van der Waals surface area contributed by atoms with Gasteiger partial charge in [0.25, 0.3) is 0 Å². The van der Waals surface area contributed by atoms with Crippen molar-refractivity contribution in [2.75, 3.05) is 7.11 Å². The highest BCUT2D eigenvalue weighted by Crippen LogP contribution is 2.44. The van der Waals surface area contributed by atoms with E-state index in [0.29, 0.717) is 11.3 Å². The summed E-state index contributed by atoms with van der Waals surface area (Å²) in [5.74, 6) is 0.197. The van der Waals surface area contributed by atoms with Gasteiger partial charge in [0, 0.05) is 12.8 Å². The average Bonchev–Trinajstić information content (AvgIpc) is 2.82. The molecule has 0 unspecified atom stereocenters. The normalized spacial score (nSPS) is 18.3. The van der Waals surface area contributed by atoms with E-state index < -0.39 is 18.2 Å². The number of aliphatic hydroxyl groups is 1. The van der Waals surface area contributed by atoms with Gasteiger partial charge in [-0.1, -0.05) is 17.7 Å². The molecule has 0 aromatic heterocycles. The molecule has 0 amide bonds. The van der Waals surface area contributed by atoms with Crippen LogP contribution in [0.15, 0.2) is 35.9 Å². The van der Waals surface area contributed by atoms with Crippen LogP contribution in [0, 0.1) is 0 Å². The van der Waals surface area contributed by atoms with Crippen molar-refractivity contribution in [3.05, 3.63) is 41.5 Å². The Morgan fingerprint density at radius 2 is 1.81 bits per heavy atom. The average molecular weight is 300 g/mol. The monoisotopic (exact) mass is 300 g/mol.